The van der Waals surface area contributed by atoms with Crippen LogP contribution in [0.2, 0.25) is 0 Å². The summed E-state index contributed by atoms with van der Waals surface area (Å²) < 4.78 is 32.7. The van der Waals surface area contributed by atoms with E-state index in [-0.39, 0.29) is 35.9 Å². The zero-order valence-electron chi connectivity index (χ0n) is 17.5. The van der Waals surface area contributed by atoms with E-state index in [1.807, 2.05) is 0 Å². The first-order valence-electron chi connectivity index (χ1n) is 9.91. The number of hydrogen-bond donors (Lipinski definition) is 3. The Kier molecular flexibility index (Phi) is 7.74. The first-order chi connectivity index (χ1) is 15.3. The molecular formula is C22H24N4O5S. The van der Waals surface area contributed by atoms with Crippen molar-refractivity contribution >= 4 is 21.8 Å². The number of carbonyl (C=O) groups is 2. The number of sulfonamides is 1. The highest BCUT2D eigenvalue weighted by molar-refractivity contribution is 7.89. The maximum absolute atomic E-state index is 12.6. The molecule has 0 aliphatic carbocycles. The Balaban J connectivity index is 1.53. The fourth-order valence-corrected chi connectivity index (χ4v) is 3.87. The monoisotopic (exact) mass is 456 g/mol. The van der Waals surface area contributed by atoms with Crippen LogP contribution in [0.4, 0.5) is 0 Å². The van der Waals surface area contributed by atoms with Crippen LogP contribution in [0, 0.1) is 6.92 Å². The van der Waals surface area contributed by atoms with Gasteiger partial charge in [-0.1, -0.05) is 6.07 Å². The number of nitrogens with zero attached hydrogens (tertiary/aromatic N) is 1. The number of benzene rings is 1. The van der Waals surface area contributed by atoms with Gasteiger partial charge in [-0.15, -0.1) is 0 Å². The molecule has 3 rings (SSSR count). The highest BCUT2D eigenvalue weighted by Gasteiger charge is 2.18. The number of hydrogen-bond acceptors (Lipinski definition) is 6. The molecule has 2 amide bonds. The molecule has 10 heteroatoms. The molecule has 2 aromatic heterocycles. The van der Waals surface area contributed by atoms with Crippen LogP contribution in [-0.2, 0) is 27.9 Å². The molecule has 0 saturated carbocycles. The second-order valence-electron chi connectivity index (χ2n) is 7.02. The Labute approximate surface area is 186 Å². The van der Waals surface area contributed by atoms with Crippen LogP contribution in [0.25, 0.3) is 0 Å². The molecule has 168 valence electrons. The molecule has 3 N–H and O–H groups in total. The van der Waals surface area contributed by atoms with E-state index in [0.29, 0.717) is 17.9 Å². The van der Waals surface area contributed by atoms with Crippen LogP contribution >= 0.6 is 0 Å². The molecule has 0 fully saturated rings. The third kappa shape index (κ3) is 6.50. The first-order valence-corrected chi connectivity index (χ1v) is 11.4. The summed E-state index contributed by atoms with van der Waals surface area (Å²) in [5.74, 6) is -0.189. The van der Waals surface area contributed by atoms with Gasteiger partial charge in [-0.3, -0.25) is 14.6 Å². The van der Waals surface area contributed by atoms with Crippen LogP contribution < -0.4 is 15.4 Å². The van der Waals surface area contributed by atoms with E-state index >= 15 is 0 Å². The predicted octanol–water partition coefficient (Wildman–Crippen LogP) is 1.90. The van der Waals surface area contributed by atoms with Gasteiger partial charge in [-0.2, -0.15) is 0 Å². The molecule has 0 radical (unpaired) electrons. The average Bonchev–Trinajstić information content (AvgIpc) is 3.31. The Morgan fingerprint density at radius 1 is 1.03 bits per heavy atom. The fourth-order valence-electron chi connectivity index (χ4n) is 2.85. The lowest BCUT2D eigenvalue weighted by Gasteiger charge is -2.11. The highest BCUT2D eigenvalue weighted by Crippen LogP contribution is 2.16. The summed E-state index contributed by atoms with van der Waals surface area (Å²) in [6.07, 6.45) is 4.84. The second-order valence-corrected chi connectivity index (χ2v) is 8.79. The van der Waals surface area contributed by atoms with Crippen molar-refractivity contribution in [2.75, 3.05) is 6.54 Å². The lowest BCUT2D eigenvalue weighted by molar-refractivity contribution is -0.121. The van der Waals surface area contributed by atoms with Gasteiger partial charge in [-0.25, -0.2) is 13.1 Å². The molecular weight excluding hydrogens is 432 g/mol. The van der Waals surface area contributed by atoms with Crippen LogP contribution in [0.5, 0.6) is 0 Å². The number of nitrogens with one attached hydrogen (secondary N) is 3. The van der Waals surface area contributed by atoms with Gasteiger partial charge in [0.15, 0.2) is 0 Å². The van der Waals surface area contributed by atoms with E-state index in [1.54, 1.807) is 49.6 Å². The number of amides is 2. The highest BCUT2D eigenvalue weighted by atomic mass is 32.2. The van der Waals surface area contributed by atoms with Gasteiger partial charge in [0.25, 0.3) is 5.91 Å². The smallest absolute Gasteiger partial charge is 0.251 e. The number of rotatable bonds is 10. The number of aryl methyl sites for hydroxylation is 1. The molecule has 0 bridgehead atoms. The third-order valence-electron chi connectivity index (χ3n) is 4.66. The molecule has 0 unspecified atom stereocenters. The Morgan fingerprint density at radius 2 is 1.81 bits per heavy atom. The standard InChI is InChI=1S/C22H24N4O5S/c1-16-4-5-19(32(29,30)26-15-18-3-2-12-31-18)13-20(16)22(28)24-11-8-21(27)25-14-17-6-9-23-10-7-17/h2-7,9-10,12-13,26H,8,11,14-15H2,1H3,(H,24,28)(H,25,27). The summed E-state index contributed by atoms with van der Waals surface area (Å²) in [6, 6.07) is 11.2. The summed E-state index contributed by atoms with van der Waals surface area (Å²) in [5.41, 5.74) is 1.77. The molecule has 0 spiro atoms. The van der Waals surface area contributed by atoms with Gasteiger partial charge >= 0.3 is 0 Å². The van der Waals surface area contributed by atoms with Crippen molar-refractivity contribution in [3.63, 3.8) is 0 Å². The zero-order valence-corrected chi connectivity index (χ0v) is 18.3. The SMILES string of the molecule is Cc1ccc(S(=O)(=O)NCc2ccco2)cc1C(=O)NCCC(=O)NCc1ccncc1. The predicted molar refractivity (Wildman–Crippen MR) is 117 cm³/mol. The van der Waals surface area contributed by atoms with Gasteiger partial charge < -0.3 is 15.1 Å². The van der Waals surface area contributed by atoms with E-state index in [9.17, 15) is 18.0 Å². The van der Waals surface area contributed by atoms with Crippen molar-refractivity contribution in [1.29, 1.82) is 0 Å². The Hall–Kier alpha value is -3.50. The van der Waals surface area contributed by atoms with Crippen LogP contribution in [0.15, 0.2) is 70.4 Å². The van der Waals surface area contributed by atoms with Crippen molar-refractivity contribution in [3.05, 3.63) is 83.6 Å². The molecule has 32 heavy (non-hydrogen) atoms. The summed E-state index contributed by atoms with van der Waals surface area (Å²) >= 11 is 0. The van der Waals surface area contributed by atoms with E-state index in [4.69, 9.17) is 4.42 Å². The summed E-state index contributed by atoms with van der Waals surface area (Å²) in [4.78, 5) is 28.4. The van der Waals surface area contributed by atoms with Crippen molar-refractivity contribution in [3.8, 4) is 0 Å². The number of furan rings is 1. The average molecular weight is 457 g/mol. The maximum Gasteiger partial charge on any atom is 0.251 e. The van der Waals surface area contributed by atoms with Gasteiger partial charge in [0.1, 0.15) is 5.76 Å². The molecule has 0 atom stereocenters. The summed E-state index contributed by atoms with van der Waals surface area (Å²) in [5, 5.41) is 5.43. The van der Waals surface area contributed by atoms with Gasteiger partial charge in [0.05, 0.1) is 17.7 Å². The van der Waals surface area contributed by atoms with Crippen molar-refractivity contribution < 1.29 is 22.4 Å². The van der Waals surface area contributed by atoms with Crippen molar-refractivity contribution in [2.45, 2.75) is 31.3 Å². The first kappa shape index (κ1) is 23.2. The normalized spacial score (nSPS) is 11.2. The van der Waals surface area contributed by atoms with Crippen molar-refractivity contribution in [2.24, 2.45) is 0 Å². The largest absolute Gasteiger partial charge is 0.468 e. The van der Waals surface area contributed by atoms with Crippen molar-refractivity contribution in [1.82, 2.24) is 20.3 Å². The van der Waals surface area contributed by atoms with Crippen LogP contribution in [0.1, 0.15) is 33.7 Å². The maximum atomic E-state index is 12.6. The lowest BCUT2D eigenvalue weighted by atomic mass is 10.1. The topological polar surface area (TPSA) is 130 Å². The van der Waals surface area contributed by atoms with E-state index < -0.39 is 15.9 Å². The quantitative estimate of drug-likeness (QED) is 0.427. The molecule has 2 heterocycles. The number of aromatic nitrogens is 1. The van der Waals surface area contributed by atoms with Crippen LogP contribution in [-0.4, -0.2) is 31.8 Å². The molecule has 0 aliphatic heterocycles. The van der Waals surface area contributed by atoms with Crippen LogP contribution in [0.3, 0.4) is 0 Å². The molecule has 9 nitrogen and oxygen atoms in total. The second kappa shape index (κ2) is 10.7. The van der Waals surface area contributed by atoms with E-state index in [1.165, 1.54) is 18.4 Å². The number of carbonyl (C=O) groups excluding carboxylic acids is 2. The molecule has 1 aromatic carbocycles. The number of pyridine rings is 1. The lowest BCUT2D eigenvalue weighted by Crippen LogP contribution is -2.31. The summed E-state index contributed by atoms with van der Waals surface area (Å²) in [6.45, 7) is 2.20. The van der Waals surface area contributed by atoms with Gasteiger partial charge in [0.2, 0.25) is 15.9 Å². The third-order valence-corrected chi connectivity index (χ3v) is 6.06. The Bertz CT molecular complexity index is 1160. The van der Waals surface area contributed by atoms with Gasteiger partial charge in [-0.05, 0) is 54.4 Å². The molecule has 3 aromatic rings. The molecule has 0 aliphatic rings. The minimum Gasteiger partial charge on any atom is -0.468 e. The zero-order chi connectivity index (χ0) is 23.0. The molecule has 0 saturated heterocycles. The van der Waals surface area contributed by atoms with Gasteiger partial charge in [0, 0.05) is 37.5 Å². The minimum atomic E-state index is -3.84. The van der Waals surface area contributed by atoms with E-state index in [2.05, 4.69) is 20.3 Å². The summed E-state index contributed by atoms with van der Waals surface area (Å²) in [7, 11) is -3.84. The minimum absolute atomic E-state index is 0.000650. The Morgan fingerprint density at radius 3 is 2.53 bits per heavy atom. The van der Waals surface area contributed by atoms with E-state index in [0.717, 1.165) is 5.56 Å². The fraction of sp³-hybridized carbons (Fsp3) is 0.227.